The van der Waals surface area contributed by atoms with Crippen molar-refractivity contribution in [3.05, 3.63) is 83.1 Å². The summed E-state index contributed by atoms with van der Waals surface area (Å²) >= 11 is 6.11. The number of aromatic nitrogens is 3. The topological polar surface area (TPSA) is 118 Å². The highest BCUT2D eigenvalue weighted by Crippen LogP contribution is 2.36. The second-order valence-corrected chi connectivity index (χ2v) is 11.4. The SMILES string of the molecule is Cc1cc(NS(=O)(=O)c2ccccc2Cl)cc(C)c1Oc1ncccc1-c1ccnc(NC2CCCNC2)n1. The molecule has 202 valence electrons. The van der Waals surface area contributed by atoms with Crippen LogP contribution in [0.3, 0.4) is 0 Å². The minimum absolute atomic E-state index is 0.0129. The van der Waals surface area contributed by atoms with Gasteiger partial charge in [0, 0.05) is 30.7 Å². The van der Waals surface area contributed by atoms with E-state index in [0.29, 0.717) is 34.5 Å². The van der Waals surface area contributed by atoms with Crippen molar-refractivity contribution < 1.29 is 13.2 Å². The Balaban J connectivity index is 1.39. The van der Waals surface area contributed by atoms with E-state index in [0.717, 1.165) is 37.1 Å². The average Bonchev–Trinajstić information content (AvgIpc) is 2.92. The predicted octanol–water partition coefficient (Wildman–Crippen LogP) is 5.57. The molecule has 0 spiro atoms. The molecule has 0 radical (unpaired) electrons. The maximum atomic E-state index is 12.9. The molecule has 1 atom stereocenters. The van der Waals surface area contributed by atoms with Crippen LogP contribution < -0.4 is 20.1 Å². The van der Waals surface area contributed by atoms with Gasteiger partial charge in [0.25, 0.3) is 10.0 Å². The lowest BCUT2D eigenvalue weighted by molar-refractivity contribution is 0.458. The summed E-state index contributed by atoms with van der Waals surface area (Å²) in [5.41, 5.74) is 3.27. The second-order valence-electron chi connectivity index (χ2n) is 9.39. The second kappa shape index (κ2) is 11.6. The molecule has 0 saturated carbocycles. The lowest BCUT2D eigenvalue weighted by Gasteiger charge is -2.23. The van der Waals surface area contributed by atoms with Gasteiger partial charge < -0.3 is 15.4 Å². The van der Waals surface area contributed by atoms with Gasteiger partial charge >= 0.3 is 0 Å². The molecule has 1 fully saturated rings. The molecule has 2 aromatic carbocycles. The monoisotopic (exact) mass is 564 g/mol. The van der Waals surface area contributed by atoms with Gasteiger partial charge in [-0.3, -0.25) is 4.72 Å². The molecule has 39 heavy (non-hydrogen) atoms. The molecule has 0 bridgehead atoms. The molecule has 0 aliphatic carbocycles. The number of pyridine rings is 1. The lowest BCUT2D eigenvalue weighted by Crippen LogP contribution is -2.38. The molecular weight excluding hydrogens is 536 g/mol. The third-order valence-corrected chi connectivity index (χ3v) is 8.25. The Morgan fingerprint density at radius 1 is 1.03 bits per heavy atom. The molecule has 1 aliphatic heterocycles. The van der Waals surface area contributed by atoms with Gasteiger partial charge in [-0.15, -0.1) is 0 Å². The zero-order chi connectivity index (χ0) is 27.4. The minimum Gasteiger partial charge on any atom is -0.438 e. The van der Waals surface area contributed by atoms with E-state index in [1.54, 1.807) is 36.7 Å². The third-order valence-electron chi connectivity index (χ3n) is 6.37. The van der Waals surface area contributed by atoms with E-state index in [1.807, 2.05) is 32.0 Å². The highest BCUT2D eigenvalue weighted by Gasteiger charge is 2.20. The number of hydrogen-bond acceptors (Lipinski definition) is 8. The summed E-state index contributed by atoms with van der Waals surface area (Å²) in [5.74, 6) is 1.52. The molecule has 0 amide bonds. The molecule has 4 aromatic rings. The number of benzene rings is 2. The van der Waals surface area contributed by atoms with Crippen molar-refractivity contribution in [2.75, 3.05) is 23.1 Å². The Bertz CT molecular complexity index is 1570. The molecule has 3 heterocycles. The molecule has 3 N–H and O–H groups in total. The average molecular weight is 565 g/mol. The van der Waals surface area contributed by atoms with Crippen LogP contribution in [0.25, 0.3) is 11.3 Å². The molecular formula is C28H29ClN6O3S. The fourth-order valence-corrected chi connectivity index (χ4v) is 6.10. The summed E-state index contributed by atoms with van der Waals surface area (Å²) < 4.78 is 34.8. The van der Waals surface area contributed by atoms with E-state index < -0.39 is 10.0 Å². The van der Waals surface area contributed by atoms with E-state index in [1.165, 1.54) is 12.1 Å². The Morgan fingerprint density at radius 2 is 1.82 bits per heavy atom. The first kappa shape index (κ1) is 26.9. The van der Waals surface area contributed by atoms with Gasteiger partial charge in [-0.25, -0.2) is 23.4 Å². The van der Waals surface area contributed by atoms with Crippen LogP contribution in [-0.4, -0.2) is 42.5 Å². The number of ether oxygens (including phenoxy) is 1. The van der Waals surface area contributed by atoms with Gasteiger partial charge in [-0.05, 0) is 86.8 Å². The van der Waals surface area contributed by atoms with Crippen LogP contribution in [0.4, 0.5) is 11.6 Å². The summed E-state index contributed by atoms with van der Waals surface area (Å²) in [7, 11) is -3.87. The maximum Gasteiger partial charge on any atom is 0.263 e. The van der Waals surface area contributed by atoms with Crippen molar-refractivity contribution in [2.24, 2.45) is 0 Å². The standard InChI is InChI=1S/C28H29ClN6O3S/c1-18-15-21(35-39(36,37)25-10-4-3-9-23(25)29)16-19(2)26(18)38-27-22(8-6-13-31-27)24-11-14-32-28(34-24)33-20-7-5-12-30-17-20/h3-4,6,8-11,13-16,20,30,35H,5,7,12,17H2,1-2H3,(H,32,33,34). The number of nitrogens with zero attached hydrogens (tertiary/aromatic N) is 3. The van der Waals surface area contributed by atoms with Crippen LogP contribution in [0.2, 0.25) is 5.02 Å². The fourth-order valence-electron chi connectivity index (χ4n) is 4.54. The smallest absolute Gasteiger partial charge is 0.263 e. The number of nitrogens with one attached hydrogen (secondary N) is 3. The van der Waals surface area contributed by atoms with Crippen molar-refractivity contribution in [3.8, 4) is 22.9 Å². The summed E-state index contributed by atoms with van der Waals surface area (Å²) in [5, 5.41) is 6.94. The molecule has 1 saturated heterocycles. The van der Waals surface area contributed by atoms with Gasteiger partial charge in [0.1, 0.15) is 10.6 Å². The van der Waals surface area contributed by atoms with Gasteiger partial charge in [-0.2, -0.15) is 0 Å². The Labute approximate surface area is 233 Å². The fraction of sp³-hybridized carbons (Fsp3) is 0.250. The summed E-state index contributed by atoms with van der Waals surface area (Å²) in [6.07, 6.45) is 5.54. The van der Waals surface area contributed by atoms with E-state index in [-0.39, 0.29) is 16.0 Å². The summed E-state index contributed by atoms with van der Waals surface area (Å²) in [6, 6.07) is 15.6. The first-order valence-corrected chi connectivity index (χ1v) is 14.5. The van der Waals surface area contributed by atoms with Crippen molar-refractivity contribution >= 4 is 33.3 Å². The number of sulfonamides is 1. The van der Waals surface area contributed by atoms with Crippen LogP contribution in [0.5, 0.6) is 11.6 Å². The van der Waals surface area contributed by atoms with Gasteiger partial charge in [0.2, 0.25) is 11.8 Å². The first-order valence-electron chi connectivity index (χ1n) is 12.6. The van der Waals surface area contributed by atoms with E-state index in [4.69, 9.17) is 21.3 Å². The molecule has 1 aliphatic rings. The van der Waals surface area contributed by atoms with Gasteiger partial charge in [0.05, 0.1) is 16.3 Å². The first-order chi connectivity index (χ1) is 18.8. The van der Waals surface area contributed by atoms with E-state index in [9.17, 15) is 8.42 Å². The van der Waals surface area contributed by atoms with Gasteiger partial charge in [-0.1, -0.05) is 23.7 Å². The van der Waals surface area contributed by atoms with Crippen LogP contribution in [0.15, 0.2) is 71.9 Å². The predicted molar refractivity (Wildman–Crippen MR) is 153 cm³/mol. The number of halogens is 1. The van der Waals surface area contributed by atoms with Crippen LogP contribution >= 0.6 is 11.6 Å². The highest BCUT2D eigenvalue weighted by molar-refractivity contribution is 7.92. The maximum absolute atomic E-state index is 12.9. The quantitative estimate of drug-likeness (QED) is 0.254. The van der Waals surface area contributed by atoms with Crippen molar-refractivity contribution in [3.63, 3.8) is 0 Å². The van der Waals surface area contributed by atoms with Crippen LogP contribution in [-0.2, 0) is 10.0 Å². The number of anilines is 2. The van der Waals surface area contributed by atoms with Gasteiger partial charge in [0.15, 0.2) is 0 Å². The molecule has 1 unspecified atom stereocenters. The van der Waals surface area contributed by atoms with Crippen molar-refractivity contribution in [1.82, 2.24) is 20.3 Å². The zero-order valence-corrected chi connectivity index (χ0v) is 23.2. The number of piperidine rings is 1. The molecule has 11 heteroatoms. The Hall–Kier alpha value is -3.73. The number of rotatable bonds is 8. The molecule has 9 nitrogen and oxygen atoms in total. The van der Waals surface area contributed by atoms with Crippen molar-refractivity contribution in [2.45, 2.75) is 37.6 Å². The Kier molecular flexibility index (Phi) is 7.97. The summed E-state index contributed by atoms with van der Waals surface area (Å²) in [4.78, 5) is 13.6. The van der Waals surface area contributed by atoms with E-state index >= 15 is 0 Å². The molecule has 2 aromatic heterocycles. The van der Waals surface area contributed by atoms with Crippen molar-refractivity contribution in [1.29, 1.82) is 0 Å². The molecule has 5 rings (SSSR count). The van der Waals surface area contributed by atoms with E-state index in [2.05, 4.69) is 25.3 Å². The zero-order valence-electron chi connectivity index (χ0n) is 21.6. The normalized spacial score (nSPS) is 15.5. The Morgan fingerprint density at radius 3 is 2.56 bits per heavy atom. The highest BCUT2D eigenvalue weighted by atomic mass is 35.5. The lowest BCUT2D eigenvalue weighted by atomic mass is 10.1. The largest absolute Gasteiger partial charge is 0.438 e. The van der Waals surface area contributed by atoms with Crippen LogP contribution in [0, 0.1) is 13.8 Å². The number of aryl methyl sites for hydroxylation is 2. The van der Waals surface area contributed by atoms with Crippen LogP contribution in [0.1, 0.15) is 24.0 Å². The third kappa shape index (κ3) is 6.30. The summed E-state index contributed by atoms with van der Waals surface area (Å²) in [6.45, 7) is 5.60. The number of hydrogen-bond donors (Lipinski definition) is 3. The minimum atomic E-state index is -3.87.